The van der Waals surface area contributed by atoms with E-state index in [1.165, 1.54) is 0 Å². The summed E-state index contributed by atoms with van der Waals surface area (Å²) in [5.74, 6) is 0. The van der Waals surface area contributed by atoms with Gasteiger partial charge in [-0.1, -0.05) is 0 Å². The number of rotatable bonds is 0. The maximum absolute atomic E-state index is 10.4. The first-order valence-corrected chi connectivity index (χ1v) is 1.07. The maximum atomic E-state index is 10.4. The summed E-state index contributed by atoms with van der Waals surface area (Å²) < 4.78 is 31.1. The van der Waals surface area contributed by atoms with E-state index in [9.17, 15) is 13.2 Å². The maximum Gasteiger partial charge on any atom is 0.386 e. The Morgan fingerprint density at radius 2 is 1.17 bits per heavy atom. The Morgan fingerprint density at radius 3 is 1.17 bits per heavy atom. The predicted octanol–water partition coefficient (Wildman–Crippen LogP) is -1.43. The molecule has 6 heavy (non-hydrogen) atoms. The molecule has 40 valence electrons. The molecule has 0 aliphatic rings. The molecule has 0 aromatic heterocycles. The van der Waals surface area contributed by atoms with Crippen molar-refractivity contribution in [2.75, 3.05) is 0 Å². The fourth-order valence-electron chi connectivity index (χ4n) is 0. The van der Waals surface area contributed by atoms with E-state index in [2.05, 4.69) is 0 Å². The lowest BCUT2D eigenvalue weighted by molar-refractivity contribution is -0.110. The van der Waals surface area contributed by atoms with Gasteiger partial charge in [0.05, 0.1) is 0 Å². The van der Waals surface area contributed by atoms with Crippen molar-refractivity contribution in [3.05, 3.63) is 0 Å². The van der Waals surface area contributed by atoms with Crippen LogP contribution in [0.1, 0.15) is 6.92 Å². The number of hydrogen-bond donors (Lipinski definition) is 0. The third-order valence-corrected chi connectivity index (χ3v) is 0. The molecule has 0 aliphatic heterocycles. The van der Waals surface area contributed by atoms with E-state index in [-0.39, 0.29) is 11.6 Å². The van der Waals surface area contributed by atoms with Gasteiger partial charge in [-0.25, -0.2) is 0 Å². The highest BCUT2D eigenvalue weighted by Crippen LogP contribution is 2.10. The highest BCUT2D eigenvalue weighted by Gasteiger charge is 2.15. The summed E-state index contributed by atoms with van der Waals surface area (Å²) in [6, 6.07) is 0. The van der Waals surface area contributed by atoms with Crippen LogP contribution >= 0.6 is 0 Å². The Balaban J connectivity index is 0. The van der Waals surface area contributed by atoms with Gasteiger partial charge < -0.3 is 4.70 Å². The Hall–Kier alpha value is -0.280. The molecule has 0 radical (unpaired) electrons. The minimum atomic E-state index is -4.00. The molecule has 0 aromatic rings. The Bertz CT molecular complexity index is 21.0. The second-order valence-electron chi connectivity index (χ2n) is 0.781. The van der Waals surface area contributed by atoms with Gasteiger partial charge in [-0.3, -0.25) is 0 Å². The molecule has 0 fully saturated rings. The van der Waals surface area contributed by atoms with Gasteiger partial charge in [-0.15, -0.1) is 0 Å². The summed E-state index contributed by atoms with van der Waals surface area (Å²) in [5, 5.41) is 0. The van der Waals surface area contributed by atoms with Crippen molar-refractivity contribution >= 4 is 0 Å². The first-order chi connectivity index (χ1) is 2.00. The lowest BCUT2D eigenvalue weighted by atomic mass is 10.8. The number of hydrogen-bond acceptors (Lipinski definition) is 0. The third-order valence-electron chi connectivity index (χ3n) is 0. The topological polar surface area (TPSA) is 0 Å². The quantitative estimate of drug-likeness (QED) is 0.330. The Morgan fingerprint density at radius 1 is 1.17 bits per heavy atom. The predicted molar refractivity (Wildman–Crippen MR) is 11.7 cm³/mol. The van der Waals surface area contributed by atoms with E-state index in [4.69, 9.17) is 0 Å². The monoisotopic (exact) mass is 103 g/mol. The van der Waals surface area contributed by atoms with E-state index in [1.807, 2.05) is 0 Å². The first kappa shape index (κ1) is 9.21. The molecule has 4 heteroatoms. The van der Waals surface area contributed by atoms with E-state index >= 15 is 0 Å². The van der Waals surface area contributed by atoms with Crippen LogP contribution in [0.2, 0.25) is 0 Å². The molecule has 0 amide bonds. The summed E-state index contributed by atoms with van der Waals surface area (Å²) in [6.07, 6.45) is -4.00. The molecule has 0 spiro atoms. The number of halogens is 4. The molecule has 0 rings (SSSR count). The van der Waals surface area contributed by atoms with Crippen molar-refractivity contribution in [1.29, 1.82) is 0 Å². The van der Waals surface area contributed by atoms with Gasteiger partial charge in [0, 0.05) is 6.92 Å². The summed E-state index contributed by atoms with van der Waals surface area (Å²) in [5.41, 5.74) is 0. The summed E-state index contributed by atoms with van der Waals surface area (Å²) >= 11 is 0. The van der Waals surface area contributed by atoms with Gasteiger partial charge in [0.1, 0.15) is 0 Å². The standard InChI is InChI=1S/C2H3F3.FH/c1-2(3,4)5;/h1H3;1H/p-1. The normalized spacial score (nSPS) is 10.0. The third kappa shape index (κ3) is 351. The molecule has 0 bridgehead atoms. The van der Waals surface area contributed by atoms with Gasteiger partial charge in [-0.05, 0) is 0 Å². The van der Waals surface area contributed by atoms with E-state index in [1.54, 1.807) is 0 Å². The van der Waals surface area contributed by atoms with Crippen molar-refractivity contribution in [3.63, 3.8) is 0 Å². The SMILES string of the molecule is CC(F)(F)F.[F-]. The summed E-state index contributed by atoms with van der Waals surface area (Å²) in [7, 11) is 0. The smallest absolute Gasteiger partial charge is 0.386 e. The highest BCUT2D eigenvalue weighted by atomic mass is 19.4. The molecule has 0 aliphatic carbocycles. The van der Waals surface area contributed by atoms with Crippen LogP contribution in [0.15, 0.2) is 0 Å². The highest BCUT2D eigenvalue weighted by molar-refractivity contribution is 4.26. The minimum absolute atomic E-state index is 0. The van der Waals surface area contributed by atoms with Gasteiger partial charge in [0.25, 0.3) is 0 Å². The van der Waals surface area contributed by atoms with Crippen molar-refractivity contribution < 1.29 is 17.9 Å². The second-order valence-corrected chi connectivity index (χ2v) is 0.781. The zero-order valence-corrected chi connectivity index (χ0v) is 3.01. The van der Waals surface area contributed by atoms with Crippen LogP contribution in [0, 0.1) is 0 Å². The molecule has 0 N–H and O–H groups in total. The molecule has 0 aromatic carbocycles. The summed E-state index contributed by atoms with van der Waals surface area (Å²) in [4.78, 5) is 0. The lowest BCUT2D eigenvalue weighted by Gasteiger charge is -1.88. The average molecular weight is 103 g/mol. The second kappa shape index (κ2) is 2.00. The van der Waals surface area contributed by atoms with Crippen molar-refractivity contribution in [2.24, 2.45) is 0 Å². The molecule has 0 atom stereocenters. The van der Waals surface area contributed by atoms with Gasteiger partial charge in [0.2, 0.25) is 0 Å². The molecule has 0 saturated carbocycles. The molecule has 0 nitrogen and oxygen atoms in total. The summed E-state index contributed by atoms with van der Waals surface area (Å²) in [6.45, 7) is 0.188. The van der Waals surface area contributed by atoms with Crippen LogP contribution in [-0.4, -0.2) is 6.18 Å². The van der Waals surface area contributed by atoms with E-state index < -0.39 is 6.18 Å². The molecule has 0 unspecified atom stereocenters. The van der Waals surface area contributed by atoms with Crippen LogP contribution in [0.5, 0.6) is 0 Å². The molecule has 0 saturated heterocycles. The minimum Gasteiger partial charge on any atom is -1.00 e. The van der Waals surface area contributed by atoms with Crippen molar-refractivity contribution in [2.45, 2.75) is 13.1 Å². The van der Waals surface area contributed by atoms with Crippen LogP contribution < -0.4 is 4.70 Å². The first-order valence-electron chi connectivity index (χ1n) is 1.07. The Kier molecular flexibility index (Phi) is 3.06. The van der Waals surface area contributed by atoms with Crippen LogP contribution in [0.3, 0.4) is 0 Å². The van der Waals surface area contributed by atoms with Crippen molar-refractivity contribution in [3.8, 4) is 0 Å². The molecule has 0 heterocycles. The molecular formula is C2H3F4-. The largest absolute Gasteiger partial charge is 1.00 e. The van der Waals surface area contributed by atoms with Crippen molar-refractivity contribution in [1.82, 2.24) is 0 Å². The van der Waals surface area contributed by atoms with Gasteiger partial charge in [-0.2, -0.15) is 13.2 Å². The fraction of sp³-hybridized carbons (Fsp3) is 1.00. The van der Waals surface area contributed by atoms with E-state index in [0.717, 1.165) is 0 Å². The zero-order chi connectivity index (χ0) is 4.50. The molecular weight excluding hydrogens is 100 g/mol. The number of alkyl halides is 3. The van der Waals surface area contributed by atoms with Crippen LogP contribution in [0.25, 0.3) is 0 Å². The van der Waals surface area contributed by atoms with E-state index in [0.29, 0.717) is 0 Å². The van der Waals surface area contributed by atoms with Crippen LogP contribution in [-0.2, 0) is 0 Å². The fourth-order valence-corrected chi connectivity index (χ4v) is 0. The lowest BCUT2D eigenvalue weighted by Crippen LogP contribution is -3.00. The van der Waals surface area contributed by atoms with Gasteiger partial charge >= 0.3 is 6.18 Å². The average Bonchev–Trinajstić information content (AvgIpc) is 0.722. The van der Waals surface area contributed by atoms with Gasteiger partial charge in [0.15, 0.2) is 0 Å². The van der Waals surface area contributed by atoms with Crippen LogP contribution in [0.4, 0.5) is 13.2 Å². The zero-order valence-electron chi connectivity index (χ0n) is 3.01. The Labute approximate surface area is 32.3 Å².